The summed E-state index contributed by atoms with van der Waals surface area (Å²) < 4.78 is 40.1. The molecule has 1 N–H and O–H groups in total. The zero-order chi connectivity index (χ0) is 37.0. The lowest BCUT2D eigenvalue weighted by Gasteiger charge is -2.39. The number of nitrogens with one attached hydrogen (secondary N) is 1. The minimum absolute atomic E-state index is 0.0936. The maximum Gasteiger partial charge on any atom is 0.259 e. The van der Waals surface area contributed by atoms with Gasteiger partial charge in [0, 0.05) is 25.0 Å². The highest BCUT2D eigenvalue weighted by Gasteiger charge is 2.46. The van der Waals surface area contributed by atoms with E-state index in [1.54, 1.807) is 14.2 Å². The van der Waals surface area contributed by atoms with Gasteiger partial charge < -0.3 is 33.3 Å². The highest BCUT2D eigenvalue weighted by atomic mass is 31.2. The zero-order valence-corrected chi connectivity index (χ0v) is 32.1. The van der Waals surface area contributed by atoms with Crippen molar-refractivity contribution in [2.75, 3.05) is 34.0 Å². The van der Waals surface area contributed by atoms with Crippen LogP contribution in [0.3, 0.4) is 0 Å². The van der Waals surface area contributed by atoms with Gasteiger partial charge in [0.25, 0.3) is 8.53 Å². The zero-order valence-electron chi connectivity index (χ0n) is 31.2. The number of nitrogens with zero attached hydrogens (tertiary/aromatic N) is 2. The summed E-state index contributed by atoms with van der Waals surface area (Å²) in [5.74, 6) is 1.55. The molecule has 1 aliphatic rings. The average molecular weight is 720 g/mol. The van der Waals surface area contributed by atoms with E-state index in [0.717, 1.165) is 28.2 Å². The summed E-state index contributed by atoms with van der Waals surface area (Å²) in [4.78, 5) is 13.4. The van der Waals surface area contributed by atoms with Crippen molar-refractivity contribution in [3.8, 4) is 17.6 Å². The predicted molar refractivity (Wildman–Crippen MR) is 199 cm³/mol. The highest BCUT2D eigenvalue weighted by Crippen LogP contribution is 2.50. The molecule has 0 spiro atoms. The van der Waals surface area contributed by atoms with Crippen molar-refractivity contribution in [3.05, 3.63) is 95.6 Å². The van der Waals surface area contributed by atoms with Gasteiger partial charge in [-0.05, 0) is 74.6 Å². The first-order chi connectivity index (χ1) is 24.5. The van der Waals surface area contributed by atoms with Gasteiger partial charge in [0.05, 0.1) is 46.0 Å². The molecule has 11 heteroatoms. The van der Waals surface area contributed by atoms with E-state index in [2.05, 4.69) is 57.6 Å². The smallest absolute Gasteiger partial charge is 0.259 e. The van der Waals surface area contributed by atoms with Crippen molar-refractivity contribution < 1.29 is 32.8 Å². The molecule has 0 aromatic heterocycles. The molecule has 1 aliphatic heterocycles. The van der Waals surface area contributed by atoms with Crippen molar-refractivity contribution in [2.24, 2.45) is 5.92 Å². The molecular weight excluding hydrogens is 665 g/mol. The normalized spacial score (nSPS) is 18.3. The van der Waals surface area contributed by atoms with Crippen LogP contribution >= 0.6 is 8.53 Å². The Morgan fingerprint density at radius 3 is 1.94 bits per heavy atom. The van der Waals surface area contributed by atoms with Crippen LogP contribution in [0.5, 0.6) is 11.5 Å². The number of carbonyl (C=O) groups is 1. The number of carbonyl (C=O) groups excluding carboxylic acids is 1. The largest absolute Gasteiger partial charge is 0.497 e. The molecule has 1 fully saturated rings. The van der Waals surface area contributed by atoms with E-state index < -0.39 is 32.4 Å². The fraction of sp³-hybridized carbons (Fsp3) is 0.500. The van der Waals surface area contributed by atoms with E-state index in [1.165, 1.54) is 0 Å². The summed E-state index contributed by atoms with van der Waals surface area (Å²) in [7, 11) is 1.68. The first-order valence-corrected chi connectivity index (χ1v) is 18.8. The van der Waals surface area contributed by atoms with Crippen LogP contribution in [0.25, 0.3) is 0 Å². The number of nitriles is 1. The minimum atomic E-state index is -1.60. The Hall–Kier alpha value is -3.55. The topological polar surface area (TPSA) is 112 Å². The molecule has 1 unspecified atom stereocenters. The molecule has 276 valence electrons. The third kappa shape index (κ3) is 10.3. The summed E-state index contributed by atoms with van der Waals surface area (Å²) in [6.07, 6.45) is -1.33. The Morgan fingerprint density at radius 1 is 0.902 bits per heavy atom. The summed E-state index contributed by atoms with van der Waals surface area (Å²) >= 11 is 0. The predicted octanol–water partition coefficient (Wildman–Crippen LogP) is 7.60. The van der Waals surface area contributed by atoms with E-state index >= 15 is 0 Å². The van der Waals surface area contributed by atoms with Gasteiger partial charge in [0.2, 0.25) is 5.91 Å². The first kappa shape index (κ1) is 40.2. The van der Waals surface area contributed by atoms with Crippen molar-refractivity contribution in [1.29, 1.82) is 5.26 Å². The summed E-state index contributed by atoms with van der Waals surface area (Å²) in [6.45, 7) is 13.4. The maximum atomic E-state index is 13.4. The molecule has 1 saturated heterocycles. The second-order valence-electron chi connectivity index (χ2n) is 13.5. The molecule has 10 nitrogen and oxygen atoms in total. The standard InChI is InChI=1S/C40H54N3O7P/c1-28(2)26-42-39(44)37-25-36(50-51(48-24-12-23-41)43(29(3)4)30(5)6)38(49-37)27-47-40(31-13-10-9-11-14-31,32-15-19-34(45-7)20-16-32)33-17-21-35(46-8)22-18-33/h9-11,13-22,28-30,36-38H,12,24-27H2,1-8H3,(H,42,44)/t36-,37+,38+,51?/m0/s1. The van der Waals surface area contributed by atoms with Gasteiger partial charge in [0.15, 0.2) is 0 Å². The van der Waals surface area contributed by atoms with Crippen molar-refractivity contribution in [1.82, 2.24) is 9.99 Å². The van der Waals surface area contributed by atoms with Gasteiger partial charge in [-0.25, -0.2) is 4.67 Å². The van der Waals surface area contributed by atoms with Crippen LogP contribution in [0.15, 0.2) is 78.9 Å². The van der Waals surface area contributed by atoms with Crippen LogP contribution in [0.1, 0.15) is 71.1 Å². The van der Waals surface area contributed by atoms with Gasteiger partial charge in [-0.3, -0.25) is 4.79 Å². The van der Waals surface area contributed by atoms with Crippen LogP contribution in [-0.4, -0.2) is 75.0 Å². The van der Waals surface area contributed by atoms with Crippen LogP contribution in [0.2, 0.25) is 0 Å². The number of methoxy groups -OCH3 is 2. The van der Waals surface area contributed by atoms with Crippen molar-refractivity contribution in [3.63, 3.8) is 0 Å². The number of hydrogen-bond acceptors (Lipinski definition) is 9. The highest BCUT2D eigenvalue weighted by molar-refractivity contribution is 7.44. The van der Waals surface area contributed by atoms with Gasteiger partial charge in [0.1, 0.15) is 29.3 Å². The van der Waals surface area contributed by atoms with Gasteiger partial charge in [-0.1, -0.05) is 68.4 Å². The fourth-order valence-electron chi connectivity index (χ4n) is 6.25. The van der Waals surface area contributed by atoms with E-state index in [9.17, 15) is 10.1 Å². The monoisotopic (exact) mass is 719 g/mol. The molecule has 0 bridgehead atoms. The second kappa shape index (κ2) is 19.3. The molecule has 3 aromatic rings. The quantitative estimate of drug-likeness (QED) is 0.0761. The van der Waals surface area contributed by atoms with Crippen LogP contribution < -0.4 is 14.8 Å². The van der Waals surface area contributed by atoms with E-state index in [0.29, 0.717) is 13.0 Å². The van der Waals surface area contributed by atoms with Crippen molar-refractivity contribution in [2.45, 2.75) is 90.4 Å². The SMILES string of the molecule is COc1ccc(C(OC[C@H]2O[C@@H](C(=O)NCC(C)C)C[C@@H]2OP(OCCC#N)N(C(C)C)C(C)C)(c2ccccc2)c2ccc(OC)cc2)cc1. The summed E-state index contributed by atoms with van der Waals surface area (Å²) in [6, 6.07) is 28.1. The fourth-order valence-corrected chi connectivity index (χ4v) is 8.01. The molecule has 0 saturated carbocycles. The molecule has 3 aromatic carbocycles. The van der Waals surface area contributed by atoms with E-state index in [-0.39, 0.29) is 43.5 Å². The third-order valence-corrected chi connectivity index (χ3v) is 10.9. The number of amides is 1. The van der Waals surface area contributed by atoms with E-state index in [4.69, 9.17) is 28.0 Å². The molecule has 4 rings (SSSR count). The van der Waals surface area contributed by atoms with Crippen molar-refractivity contribution >= 4 is 14.4 Å². The second-order valence-corrected chi connectivity index (χ2v) is 15.0. The summed E-state index contributed by atoms with van der Waals surface area (Å²) in [5.41, 5.74) is 1.60. The van der Waals surface area contributed by atoms with E-state index in [1.807, 2.05) is 78.9 Å². The molecule has 51 heavy (non-hydrogen) atoms. The Balaban J connectivity index is 1.77. The van der Waals surface area contributed by atoms with Gasteiger partial charge in [-0.15, -0.1) is 0 Å². The van der Waals surface area contributed by atoms with Gasteiger partial charge in [-0.2, -0.15) is 5.26 Å². The Kier molecular flexibility index (Phi) is 15.2. The third-order valence-electron chi connectivity index (χ3n) is 8.70. The maximum absolute atomic E-state index is 13.4. The number of hydrogen-bond donors (Lipinski definition) is 1. The molecule has 0 aliphatic carbocycles. The average Bonchev–Trinajstić information content (AvgIpc) is 3.54. The van der Waals surface area contributed by atoms with Crippen LogP contribution in [0, 0.1) is 17.2 Å². The van der Waals surface area contributed by atoms with Crippen LogP contribution in [-0.2, 0) is 28.9 Å². The Morgan fingerprint density at radius 2 is 1.45 bits per heavy atom. The molecule has 4 atom stereocenters. The molecule has 1 amide bonds. The number of ether oxygens (including phenoxy) is 4. The lowest BCUT2D eigenvalue weighted by Crippen LogP contribution is -2.40. The molecule has 0 radical (unpaired) electrons. The van der Waals surface area contributed by atoms with Gasteiger partial charge >= 0.3 is 0 Å². The molecular formula is C40H54N3O7P. The Bertz CT molecular complexity index is 1470. The van der Waals surface area contributed by atoms with Crippen LogP contribution in [0.4, 0.5) is 0 Å². The number of benzene rings is 3. The molecule has 1 heterocycles. The first-order valence-electron chi connectivity index (χ1n) is 17.7. The lowest BCUT2D eigenvalue weighted by atomic mass is 9.80. The summed E-state index contributed by atoms with van der Waals surface area (Å²) in [5, 5.41) is 12.3. The minimum Gasteiger partial charge on any atom is -0.497 e. The lowest BCUT2D eigenvalue weighted by molar-refractivity contribution is -0.135. The Labute approximate surface area is 305 Å². The number of rotatable bonds is 19.